The minimum absolute atomic E-state index is 0.0113. The van der Waals surface area contributed by atoms with E-state index in [1.807, 2.05) is 42.5 Å². The van der Waals surface area contributed by atoms with E-state index in [0.717, 1.165) is 30.2 Å². The molecule has 2 aromatic carbocycles. The fourth-order valence-electron chi connectivity index (χ4n) is 4.02. The number of aromatic nitrogens is 1. The molecule has 0 bridgehead atoms. The van der Waals surface area contributed by atoms with Gasteiger partial charge in [0, 0.05) is 24.9 Å². The molecule has 1 aliphatic rings. The van der Waals surface area contributed by atoms with E-state index in [2.05, 4.69) is 27.3 Å². The fraction of sp³-hybridized carbons (Fsp3) is 0.360. The van der Waals surface area contributed by atoms with Gasteiger partial charge in [-0.1, -0.05) is 42.5 Å². The average Bonchev–Trinajstić information content (AvgIpc) is 3.51. The van der Waals surface area contributed by atoms with E-state index in [9.17, 15) is 4.79 Å². The van der Waals surface area contributed by atoms with Gasteiger partial charge in [-0.25, -0.2) is 4.98 Å². The van der Waals surface area contributed by atoms with Crippen LogP contribution in [0.3, 0.4) is 0 Å². The predicted octanol–water partition coefficient (Wildman–Crippen LogP) is 4.24. The average molecular weight is 420 g/mol. The minimum Gasteiger partial charge on any atom is -0.497 e. The molecule has 1 N–H and O–H groups in total. The van der Waals surface area contributed by atoms with Crippen LogP contribution >= 0.6 is 0 Å². The zero-order valence-corrected chi connectivity index (χ0v) is 17.9. The van der Waals surface area contributed by atoms with Crippen LogP contribution < -0.4 is 10.1 Å². The van der Waals surface area contributed by atoms with Crippen molar-refractivity contribution in [3.05, 3.63) is 72.2 Å². The summed E-state index contributed by atoms with van der Waals surface area (Å²) in [5, 5.41) is 3.11. The molecule has 0 aliphatic carbocycles. The Morgan fingerprint density at radius 1 is 1.13 bits per heavy atom. The Hall–Kier alpha value is -3.12. The summed E-state index contributed by atoms with van der Waals surface area (Å²) in [6, 6.07) is 18.2. The molecule has 1 amide bonds. The number of oxazole rings is 1. The van der Waals surface area contributed by atoms with E-state index in [1.54, 1.807) is 13.3 Å². The smallest absolute Gasteiger partial charge is 0.220 e. The number of rotatable bonds is 9. The Bertz CT molecular complexity index is 963. The number of aryl methyl sites for hydroxylation is 1. The minimum atomic E-state index is 0.0113. The van der Waals surface area contributed by atoms with E-state index in [1.165, 1.54) is 18.4 Å². The summed E-state index contributed by atoms with van der Waals surface area (Å²) in [5.74, 6) is 2.16. The highest BCUT2D eigenvalue weighted by molar-refractivity contribution is 5.76. The molecular weight excluding hydrogens is 390 g/mol. The topological polar surface area (TPSA) is 67.6 Å². The van der Waals surface area contributed by atoms with Crippen LogP contribution in [0.1, 0.15) is 36.8 Å². The van der Waals surface area contributed by atoms with Crippen LogP contribution in [-0.2, 0) is 11.2 Å². The van der Waals surface area contributed by atoms with Crippen LogP contribution in [0.25, 0.3) is 11.3 Å². The third-order valence-electron chi connectivity index (χ3n) is 5.75. The van der Waals surface area contributed by atoms with Crippen LogP contribution in [0, 0.1) is 0 Å². The van der Waals surface area contributed by atoms with Gasteiger partial charge in [0.15, 0.2) is 11.7 Å². The van der Waals surface area contributed by atoms with Crippen molar-refractivity contribution >= 4 is 5.91 Å². The molecule has 1 atom stereocenters. The fourth-order valence-corrected chi connectivity index (χ4v) is 4.02. The maximum absolute atomic E-state index is 12.5. The van der Waals surface area contributed by atoms with Gasteiger partial charge in [-0.3, -0.25) is 9.69 Å². The molecule has 162 valence electrons. The molecule has 1 aliphatic heterocycles. The lowest BCUT2D eigenvalue weighted by atomic mass is 10.1. The first kappa shape index (κ1) is 21.1. The second-order valence-corrected chi connectivity index (χ2v) is 7.82. The molecule has 1 unspecified atom stereocenters. The number of hydrogen-bond acceptors (Lipinski definition) is 5. The zero-order chi connectivity index (χ0) is 21.5. The number of methoxy groups -OCH3 is 1. The summed E-state index contributed by atoms with van der Waals surface area (Å²) in [7, 11) is 1.67. The van der Waals surface area contributed by atoms with Crippen molar-refractivity contribution in [3.63, 3.8) is 0 Å². The van der Waals surface area contributed by atoms with E-state index < -0.39 is 0 Å². The Labute approximate surface area is 183 Å². The van der Waals surface area contributed by atoms with Crippen molar-refractivity contribution < 1.29 is 13.9 Å². The van der Waals surface area contributed by atoms with Crippen molar-refractivity contribution in [1.29, 1.82) is 0 Å². The number of hydrogen-bond donors (Lipinski definition) is 1. The summed E-state index contributed by atoms with van der Waals surface area (Å²) < 4.78 is 11.1. The van der Waals surface area contributed by atoms with Crippen LogP contribution in [-0.4, -0.2) is 42.5 Å². The predicted molar refractivity (Wildman–Crippen MR) is 120 cm³/mol. The van der Waals surface area contributed by atoms with E-state index >= 15 is 0 Å². The van der Waals surface area contributed by atoms with E-state index in [0.29, 0.717) is 25.3 Å². The van der Waals surface area contributed by atoms with Crippen molar-refractivity contribution in [2.75, 3.05) is 26.7 Å². The normalized spacial score (nSPS) is 15.0. The molecule has 31 heavy (non-hydrogen) atoms. The summed E-state index contributed by atoms with van der Waals surface area (Å²) in [6.45, 7) is 2.71. The van der Waals surface area contributed by atoms with Gasteiger partial charge in [0.25, 0.3) is 0 Å². The molecule has 1 saturated heterocycles. The monoisotopic (exact) mass is 419 g/mol. The van der Waals surface area contributed by atoms with Crippen LogP contribution in [0.2, 0.25) is 0 Å². The number of likely N-dealkylation sites (tertiary alicyclic amines) is 1. The van der Waals surface area contributed by atoms with Crippen molar-refractivity contribution in [2.45, 2.75) is 31.7 Å². The van der Waals surface area contributed by atoms with Crippen molar-refractivity contribution in [2.24, 2.45) is 0 Å². The molecule has 0 radical (unpaired) electrons. The lowest BCUT2D eigenvalue weighted by Crippen LogP contribution is -2.36. The molecule has 0 spiro atoms. The van der Waals surface area contributed by atoms with Gasteiger partial charge >= 0.3 is 0 Å². The molecule has 4 rings (SSSR count). The molecule has 1 fully saturated rings. The number of amides is 1. The molecular formula is C25H29N3O3. The zero-order valence-electron chi connectivity index (χ0n) is 17.9. The largest absolute Gasteiger partial charge is 0.497 e. The molecule has 6 nitrogen and oxygen atoms in total. The highest BCUT2D eigenvalue weighted by Gasteiger charge is 2.24. The molecule has 2 heterocycles. The maximum Gasteiger partial charge on any atom is 0.220 e. The Balaban J connectivity index is 1.32. The second kappa shape index (κ2) is 10.3. The SMILES string of the molecule is COc1ccc(C(CNC(=O)CCc2ncc(-c3ccccc3)o2)N2CCCC2)cc1. The lowest BCUT2D eigenvalue weighted by molar-refractivity contribution is -0.121. The van der Waals surface area contributed by atoms with Gasteiger partial charge in [-0.2, -0.15) is 0 Å². The summed E-state index contributed by atoms with van der Waals surface area (Å²) >= 11 is 0. The van der Waals surface area contributed by atoms with Gasteiger partial charge in [0.2, 0.25) is 5.91 Å². The van der Waals surface area contributed by atoms with Gasteiger partial charge in [0.05, 0.1) is 19.3 Å². The van der Waals surface area contributed by atoms with Gasteiger partial charge in [-0.05, 0) is 43.6 Å². The number of nitrogens with one attached hydrogen (secondary N) is 1. The number of benzene rings is 2. The molecule has 1 aromatic heterocycles. The first-order valence-electron chi connectivity index (χ1n) is 10.9. The Morgan fingerprint density at radius 2 is 1.87 bits per heavy atom. The van der Waals surface area contributed by atoms with Crippen LogP contribution in [0.5, 0.6) is 5.75 Å². The number of carbonyl (C=O) groups excluding carboxylic acids is 1. The summed E-state index contributed by atoms with van der Waals surface area (Å²) in [6.07, 6.45) is 4.96. The van der Waals surface area contributed by atoms with Crippen LogP contribution in [0.15, 0.2) is 65.2 Å². The first-order valence-corrected chi connectivity index (χ1v) is 10.9. The maximum atomic E-state index is 12.5. The number of ether oxygens (including phenoxy) is 1. The third-order valence-corrected chi connectivity index (χ3v) is 5.75. The molecule has 3 aromatic rings. The molecule has 6 heteroatoms. The van der Waals surface area contributed by atoms with Crippen molar-refractivity contribution in [3.8, 4) is 17.1 Å². The van der Waals surface area contributed by atoms with Gasteiger partial charge in [0.1, 0.15) is 5.75 Å². The van der Waals surface area contributed by atoms with Gasteiger partial charge < -0.3 is 14.5 Å². The third kappa shape index (κ3) is 5.52. The second-order valence-electron chi connectivity index (χ2n) is 7.82. The lowest BCUT2D eigenvalue weighted by Gasteiger charge is -2.28. The van der Waals surface area contributed by atoms with Crippen molar-refractivity contribution in [1.82, 2.24) is 15.2 Å². The van der Waals surface area contributed by atoms with E-state index in [-0.39, 0.29) is 11.9 Å². The molecule has 0 saturated carbocycles. The first-order chi connectivity index (χ1) is 15.2. The van der Waals surface area contributed by atoms with Crippen LogP contribution in [0.4, 0.5) is 0 Å². The summed E-state index contributed by atoms with van der Waals surface area (Å²) in [4.78, 5) is 19.3. The van der Waals surface area contributed by atoms with Gasteiger partial charge in [-0.15, -0.1) is 0 Å². The Morgan fingerprint density at radius 3 is 2.58 bits per heavy atom. The number of carbonyl (C=O) groups is 1. The standard InChI is InChI=1S/C25H29N3O3/c1-30-21-11-9-19(10-12-21)22(28-15-5-6-16-28)17-26-24(29)13-14-25-27-18-23(31-25)20-7-3-2-4-8-20/h2-4,7-12,18,22H,5-6,13-17H2,1H3,(H,26,29). The number of nitrogens with zero attached hydrogens (tertiary/aromatic N) is 2. The van der Waals surface area contributed by atoms with E-state index in [4.69, 9.17) is 9.15 Å². The quantitative estimate of drug-likeness (QED) is 0.562. The summed E-state index contributed by atoms with van der Waals surface area (Å²) in [5.41, 5.74) is 2.18. The Kier molecular flexibility index (Phi) is 6.99. The highest BCUT2D eigenvalue weighted by Crippen LogP contribution is 2.26. The highest BCUT2D eigenvalue weighted by atomic mass is 16.5.